The average molecular weight is 368 g/mol. The largest absolute Gasteiger partial charge is 0.508 e. The maximum atomic E-state index is 13.3. The summed E-state index contributed by atoms with van der Waals surface area (Å²) >= 11 is 0. The smallest absolute Gasteiger partial charge is 0.262 e. The maximum Gasteiger partial charge on any atom is 0.262 e. The highest BCUT2D eigenvalue weighted by atomic mass is 16.3. The second kappa shape index (κ2) is 7.51. The van der Waals surface area contributed by atoms with Gasteiger partial charge in [-0.1, -0.05) is 20.8 Å². The van der Waals surface area contributed by atoms with E-state index < -0.39 is 0 Å². The molecule has 1 aliphatic heterocycles. The van der Waals surface area contributed by atoms with E-state index in [4.69, 9.17) is 0 Å². The molecule has 0 fully saturated rings. The number of hydrogen-bond donors (Lipinski definition) is 2. The molecule has 0 aromatic heterocycles. The second-order valence-corrected chi connectivity index (χ2v) is 7.52. The lowest BCUT2D eigenvalue weighted by Gasteiger charge is -2.24. The number of likely N-dealkylation sites (N-methyl/N-ethyl adjacent to an activating group) is 1. The number of aromatic hydroxyl groups is 2. The molecule has 0 spiro atoms. The summed E-state index contributed by atoms with van der Waals surface area (Å²) in [7, 11) is 2.07. The van der Waals surface area contributed by atoms with Gasteiger partial charge in [0.15, 0.2) is 0 Å². The standard InChI is InChI=1S/C22H28N2O3/c1-5-9-24(16-6-7-19-15(11-16)8-10-23(19)4)22(27)18-12-17(14(2)3)20(25)13-21(18)26/h6-7,11-14,25-26H,5,8-10H2,1-4H3. The van der Waals surface area contributed by atoms with Gasteiger partial charge in [-0.05, 0) is 54.2 Å². The summed E-state index contributed by atoms with van der Waals surface area (Å²) in [6.45, 7) is 7.46. The van der Waals surface area contributed by atoms with Gasteiger partial charge in [0.2, 0.25) is 0 Å². The molecule has 0 aliphatic carbocycles. The van der Waals surface area contributed by atoms with Crippen molar-refractivity contribution in [2.75, 3.05) is 29.9 Å². The number of benzene rings is 2. The lowest BCUT2D eigenvalue weighted by Crippen LogP contribution is -2.32. The third-order valence-electron chi connectivity index (χ3n) is 5.19. The number of fused-ring (bicyclic) bond motifs is 1. The minimum absolute atomic E-state index is 0.0154. The fraction of sp³-hybridized carbons (Fsp3) is 0.409. The molecule has 144 valence electrons. The highest BCUT2D eigenvalue weighted by molar-refractivity contribution is 6.08. The molecule has 0 atom stereocenters. The van der Waals surface area contributed by atoms with Gasteiger partial charge >= 0.3 is 0 Å². The Morgan fingerprint density at radius 3 is 2.59 bits per heavy atom. The van der Waals surface area contributed by atoms with Crippen LogP contribution in [0.3, 0.4) is 0 Å². The molecule has 5 heteroatoms. The van der Waals surface area contributed by atoms with Crippen molar-refractivity contribution in [3.05, 3.63) is 47.0 Å². The molecule has 1 amide bonds. The molecule has 1 heterocycles. The topological polar surface area (TPSA) is 64.0 Å². The summed E-state index contributed by atoms with van der Waals surface area (Å²) in [5.41, 5.74) is 4.17. The van der Waals surface area contributed by atoms with Crippen LogP contribution < -0.4 is 9.80 Å². The molecule has 27 heavy (non-hydrogen) atoms. The van der Waals surface area contributed by atoms with Crippen molar-refractivity contribution in [3.63, 3.8) is 0 Å². The van der Waals surface area contributed by atoms with E-state index >= 15 is 0 Å². The van der Waals surface area contributed by atoms with Crippen LogP contribution >= 0.6 is 0 Å². The van der Waals surface area contributed by atoms with E-state index in [2.05, 4.69) is 24.1 Å². The molecule has 2 N–H and O–H groups in total. The minimum atomic E-state index is -0.248. The van der Waals surface area contributed by atoms with Crippen LogP contribution in [0.1, 0.15) is 54.6 Å². The first-order valence-electron chi connectivity index (χ1n) is 9.55. The first-order valence-corrected chi connectivity index (χ1v) is 9.55. The predicted molar refractivity (Wildman–Crippen MR) is 109 cm³/mol. The predicted octanol–water partition coefficient (Wildman–Crippen LogP) is 4.27. The molecule has 5 nitrogen and oxygen atoms in total. The van der Waals surface area contributed by atoms with Gasteiger partial charge in [-0.3, -0.25) is 4.79 Å². The number of phenolic OH excluding ortho intramolecular Hbond substituents is 2. The third-order valence-corrected chi connectivity index (χ3v) is 5.19. The first-order chi connectivity index (χ1) is 12.8. The monoisotopic (exact) mass is 368 g/mol. The molecule has 3 rings (SSSR count). The van der Waals surface area contributed by atoms with Crippen molar-refractivity contribution >= 4 is 17.3 Å². The Morgan fingerprint density at radius 2 is 1.93 bits per heavy atom. The van der Waals surface area contributed by atoms with E-state index in [1.165, 1.54) is 17.3 Å². The molecule has 2 aromatic rings. The van der Waals surface area contributed by atoms with Crippen molar-refractivity contribution in [2.45, 2.75) is 39.5 Å². The van der Waals surface area contributed by atoms with Crippen molar-refractivity contribution < 1.29 is 15.0 Å². The molecule has 1 aliphatic rings. The maximum absolute atomic E-state index is 13.3. The lowest BCUT2D eigenvalue weighted by atomic mass is 9.98. The molecular formula is C22H28N2O3. The SMILES string of the molecule is CCCN(C(=O)c1cc(C(C)C)c(O)cc1O)c1ccc2c(c1)CCN2C. The van der Waals surface area contributed by atoms with E-state index in [9.17, 15) is 15.0 Å². The van der Waals surface area contributed by atoms with Crippen LogP contribution in [0, 0.1) is 0 Å². The minimum Gasteiger partial charge on any atom is -0.508 e. The number of anilines is 2. The number of carbonyl (C=O) groups excluding carboxylic acids is 1. The molecule has 0 bridgehead atoms. The summed E-state index contributed by atoms with van der Waals surface area (Å²) in [6, 6.07) is 8.98. The van der Waals surface area contributed by atoms with Crippen LogP contribution in [0.25, 0.3) is 0 Å². The number of phenols is 2. The van der Waals surface area contributed by atoms with Gasteiger partial charge in [0.25, 0.3) is 5.91 Å². The van der Waals surface area contributed by atoms with Crippen LogP contribution in [-0.2, 0) is 6.42 Å². The Bertz CT molecular complexity index is 861. The fourth-order valence-electron chi connectivity index (χ4n) is 3.67. The molecule has 0 radical (unpaired) electrons. The Balaban J connectivity index is 2.01. The Hall–Kier alpha value is -2.69. The van der Waals surface area contributed by atoms with Crippen LogP contribution in [0.2, 0.25) is 0 Å². The molecule has 0 unspecified atom stereocenters. The van der Waals surface area contributed by atoms with Gasteiger partial charge < -0.3 is 20.0 Å². The number of rotatable bonds is 5. The fourth-order valence-corrected chi connectivity index (χ4v) is 3.67. The van der Waals surface area contributed by atoms with Crippen molar-refractivity contribution in [3.8, 4) is 11.5 Å². The normalized spacial score (nSPS) is 13.1. The van der Waals surface area contributed by atoms with Crippen molar-refractivity contribution in [1.29, 1.82) is 0 Å². The van der Waals surface area contributed by atoms with Gasteiger partial charge in [-0.2, -0.15) is 0 Å². The number of nitrogens with zero attached hydrogens (tertiary/aromatic N) is 2. The van der Waals surface area contributed by atoms with Gasteiger partial charge in [0, 0.05) is 37.6 Å². The zero-order valence-corrected chi connectivity index (χ0v) is 16.5. The first kappa shape index (κ1) is 19.1. The summed E-state index contributed by atoms with van der Waals surface area (Å²) in [5.74, 6) is -0.375. The number of carbonyl (C=O) groups is 1. The lowest BCUT2D eigenvalue weighted by molar-refractivity contribution is 0.0984. The van der Waals surface area contributed by atoms with Crippen LogP contribution in [0.15, 0.2) is 30.3 Å². The highest BCUT2D eigenvalue weighted by Gasteiger charge is 2.24. The summed E-state index contributed by atoms with van der Waals surface area (Å²) < 4.78 is 0. The summed E-state index contributed by atoms with van der Waals surface area (Å²) in [5, 5.41) is 20.4. The zero-order valence-electron chi connectivity index (χ0n) is 16.5. The van der Waals surface area contributed by atoms with Crippen molar-refractivity contribution in [2.24, 2.45) is 0 Å². The Labute approximate surface area is 160 Å². The Kier molecular flexibility index (Phi) is 5.31. The Morgan fingerprint density at radius 1 is 1.19 bits per heavy atom. The average Bonchev–Trinajstić information content (AvgIpc) is 2.99. The number of amides is 1. The van der Waals surface area contributed by atoms with Gasteiger partial charge in [-0.25, -0.2) is 0 Å². The van der Waals surface area contributed by atoms with Crippen LogP contribution in [0.4, 0.5) is 11.4 Å². The van der Waals surface area contributed by atoms with E-state index in [1.54, 1.807) is 11.0 Å². The molecule has 0 saturated heterocycles. The van der Waals surface area contributed by atoms with Gasteiger partial charge in [0.05, 0.1) is 5.56 Å². The van der Waals surface area contributed by atoms with E-state index in [0.717, 1.165) is 25.1 Å². The van der Waals surface area contributed by atoms with E-state index in [0.29, 0.717) is 12.1 Å². The van der Waals surface area contributed by atoms with Gasteiger partial charge in [0.1, 0.15) is 11.5 Å². The van der Waals surface area contributed by atoms with E-state index in [1.807, 2.05) is 26.8 Å². The number of hydrogen-bond acceptors (Lipinski definition) is 4. The van der Waals surface area contributed by atoms with E-state index in [-0.39, 0.29) is 28.9 Å². The molecule has 2 aromatic carbocycles. The molecular weight excluding hydrogens is 340 g/mol. The second-order valence-electron chi connectivity index (χ2n) is 7.52. The third kappa shape index (κ3) is 3.59. The van der Waals surface area contributed by atoms with Crippen LogP contribution in [-0.4, -0.2) is 36.3 Å². The van der Waals surface area contributed by atoms with Crippen molar-refractivity contribution in [1.82, 2.24) is 0 Å². The van der Waals surface area contributed by atoms with Gasteiger partial charge in [-0.15, -0.1) is 0 Å². The quantitative estimate of drug-likeness (QED) is 0.827. The summed E-state index contributed by atoms with van der Waals surface area (Å²) in [4.78, 5) is 17.2. The molecule has 0 saturated carbocycles. The summed E-state index contributed by atoms with van der Waals surface area (Å²) in [6.07, 6.45) is 1.77. The zero-order chi connectivity index (χ0) is 19.7. The highest BCUT2D eigenvalue weighted by Crippen LogP contribution is 2.35. The van der Waals surface area contributed by atoms with Crippen LogP contribution in [0.5, 0.6) is 11.5 Å².